The Balaban J connectivity index is 2.02. The first-order valence-electron chi connectivity index (χ1n) is 6.02. The fourth-order valence-corrected chi connectivity index (χ4v) is 1.95. The number of rotatable bonds is 4. The van der Waals surface area contributed by atoms with E-state index in [-0.39, 0.29) is 17.6 Å². The summed E-state index contributed by atoms with van der Waals surface area (Å²) in [7, 11) is 0. The van der Waals surface area contributed by atoms with Gasteiger partial charge in [-0.25, -0.2) is 4.39 Å². The molecule has 0 radical (unpaired) electrons. The largest absolute Gasteiger partial charge is 0.508 e. The molecular weight excluding hydrogens is 265 g/mol. The summed E-state index contributed by atoms with van der Waals surface area (Å²) in [6.45, 7) is 2.40. The topological polar surface area (TPSA) is 32.3 Å². The van der Waals surface area contributed by atoms with Crippen molar-refractivity contribution >= 4 is 11.6 Å². The number of halogens is 2. The average Bonchev–Trinajstić information content (AvgIpc) is 2.40. The van der Waals surface area contributed by atoms with Gasteiger partial charge in [-0.05, 0) is 42.8 Å². The molecule has 0 saturated carbocycles. The normalized spacial score (nSPS) is 12.4. The highest BCUT2D eigenvalue weighted by molar-refractivity contribution is 6.30. The molecule has 100 valence electrons. The molecule has 0 amide bonds. The van der Waals surface area contributed by atoms with Crippen LogP contribution in [0.15, 0.2) is 42.5 Å². The molecule has 2 nitrogen and oxygen atoms in total. The number of aromatic hydroxyl groups is 1. The van der Waals surface area contributed by atoms with Gasteiger partial charge in [-0.3, -0.25) is 0 Å². The van der Waals surface area contributed by atoms with Crippen LogP contribution < -0.4 is 5.32 Å². The monoisotopic (exact) mass is 279 g/mol. The van der Waals surface area contributed by atoms with Crippen LogP contribution in [0.1, 0.15) is 24.1 Å². The second-order valence-electron chi connectivity index (χ2n) is 4.43. The molecule has 0 aliphatic heterocycles. The molecule has 2 aromatic rings. The summed E-state index contributed by atoms with van der Waals surface area (Å²) in [6.07, 6.45) is 0. The molecule has 0 fully saturated rings. The zero-order chi connectivity index (χ0) is 13.8. The van der Waals surface area contributed by atoms with Gasteiger partial charge in [-0.2, -0.15) is 0 Å². The molecule has 2 aromatic carbocycles. The van der Waals surface area contributed by atoms with E-state index in [9.17, 15) is 9.50 Å². The molecule has 0 aliphatic carbocycles. The van der Waals surface area contributed by atoms with Crippen LogP contribution in [-0.4, -0.2) is 5.11 Å². The molecule has 0 bridgehead atoms. The van der Waals surface area contributed by atoms with Gasteiger partial charge in [0.15, 0.2) is 0 Å². The highest BCUT2D eigenvalue weighted by atomic mass is 35.5. The first-order chi connectivity index (χ1) is 9.06. The fourth-order valence-electron chi connectivity index (χ4n) is 1.83. The first kappa shape index (κ1) is 13.8. The maximum atomic E-state index is 13.1. The van der Waals surface area contributed by atoms with Crippen LogP contribution in [0, 0.1) is 5.82 Å². The van der Waals surface area contributed by atoms with Crippen molar-refractivity contribution in [1.29, 1.82) is 0 Å². The van der Waals surface area contributed by atoms with Crippen LogP contribution >= 0.6 is 11.6 Å². The van der Waals surface area contributed by atoms with Crippen LogP contribution in [0.2, 0.25) is 5.02 Å². The van der Waals surface area contributed by atoms with E-state index in [2.05, 4.69) is 5.32 Å². The average molecular weight is 280 g/mol. The lowest BCUT2D eigenvalue weighted by Crippen LogP contribution is -2.18. The molecule has 0 spiro atoms. The van der Waals surface area contributed by atoms with Gasteiger partial charge in [0, 0.05) is 23.2 Å². The molecule has 19 heavy (non-hydrogen) atoms. The number of nitrogens with one attached hydrogen (secondary N) is 1. The quantitative estimate of drug-likeness (QED) is 0.885. The van der Waals surface area contributed by atoms with Gasteiger partial charge in [-0.15, -0.1) is 0 Å². The van der Waals surface area contributed by atoms with E-state index in [1.54, 1.807) is 0 Å². The van der Waals surface area contributed by atoms with E-state index in [1.165, 1.54) is 18.2 Å². The minimum absolute atomic E-state index is 0.0833. The molecule has 1 atom stereocenters. The molecular formula is C15H15ClFNO. The lowest BCUT2D eigenvalue weighted by atomic mass is 10.1. The lowest BCUT2D eigenvalue weighted by molar-refractivity contribution is 0.457. The summed E-state index contributed by atoms with van der Waals surface area (Å²) in [4.78, 5) is 0. The molecule has 0 aromatic heterocycles. The lowest BCUT2D eigenvalue weighted by Gasteiger charge is -2.15. The molecule has 4 heteroatoms. The van der Waals surface area contributed by atoms with Crippen molar-refractivity contribution in [2.24, 2.45) is 0 Å². The third-order valence-electron chi connectivity index (χ3n) is 3.01. The Kier molecular flexibility index (Phi) is 4.40. The van der Waals surface area contributed by atoms with Crippen LogP contribution in [0.25, 0.3) is 0 Å². The zero-order valence-corrected chi connectivity index (χ0v) is 11.3. The summed E-state index contributed by atoms with van der Waals surface area (Å²) in [5.41, 5.74) is 1.63. The van der Waals surface area contributed by atoms with Crippen molar-refractivity contribution in [2.45, 2.75) is 19.5 Å². The maximum absolute atomic E-state index is 13.1. The number of benzene rings is 2. The van der Waals surface area contributed by atoms with Crippen molar-refractivity contribution in [1.82, 2.24) is 5.32 Å². The Hall–Kier alpha value is -1.58. The minimum atomic E-state index is -0.353. The second kappa shape index (κ2) is 6.04. The van der Waals surface area contributed by atoms with E-state index in [4.69, 9.17) is 11.6 Å². The molecule has 0 saturated heterocycles. The van der Waals surface area contributed by atoms with Gasteiger partial charge in [0.2, 0.25) is 0 Å². The Morgan fingerprint density at radius 1 is 1.21 bits per heavy atom. The second-order valence-corrected chi connectivity index (χ2v) is 4.86. The summed E-state index contributed by atoms with van der Waals surface area (Å²) in [5, 5.41) is 13.6. The Morgan fingerprint density at radius 2 is 1.89 bits per heavy atom. The van der Waals surface area contributed by atoms with E-state index in [0.717, 1.165) is 5.56 Å². The molecule has 2 N–H and O–H groups in total. The summed E-state index contributed by atoms with van der Waals surface area (Å²) >= 11 is 5.83. The number of hydrogen-bond donors (Lipinski definition) is 2. The number of phenols is 1. The zero-order valence-electron chi connectivity index (χ0n) is 10.5. The van der Waals surface area contributed by atoms with Crippen molar-refractivity contribution in [3.05, 3.63) is 64.4 Å². The summed E-state index contributed by atoms with van der Waals surface area (Å²) < 4.78 is 13.1. The molecule has 0 heterocycles. The first-order valence-corrected chi connectivity index (χ1v) is 6.40. The van der Waals surface area contributed by atoms with Crippen molar-refractivity contribution in [2.75, 3.05) is 0 Å². The van der Waals surface area contributed by atoms with Crippen LogP contribution in [-0.2, 0) is 6.54 Å². The highest BCUT2D eigenvalue weighted by Gasteiger charge is 2.07. The third-order valence-corrected chi connectivity index (χ3v) is 3.26. The van der Waals surface area contributed by atoms with Gasteiger partial charge in [0.1, 0.15) is 11.6 Å². The molecule has 2 rings (SSSR count). The van der Waals surface area contributed by atoms with Crippen LogP contribution in [0.3, 0.4) is 0 Å². The van der Waals surface area contributed by atoms with Crippen molar-refractivity contribution in [3.63, 3.8) is 0 Å². The minimum Gasteiger partial charge on any atom is -0.508 e. The predicted octanol–water partition coefficient (Wildman–Crippen LogP) is 4.04. The van der Waals surface area contributed by atoms with Gasteiger partial charge >= 0.3 is 0 Å². The summed E-state index contributed by atoms with van der Waals surface area (Å²) in [5.74, 6) is -0.258. The Bertz CT molecular complexity index is 557. The van der Waals surface area contributed by atoms with E-state index in [0.29, 0.717) is 17.1 Å². The van der Waals surface area contributed by atoms with Crippen molar-refractivity contribution in [3.8, 4) is 5.75 Å². The standard InChI is InChI=1S/C15H15ClFNO/c1-10(11-2-4-13(16)5-3-11)18-9-12-8-14(17)6-7-15(12)19/h2-8,10,18-19H,9H2,1H3/t10-/m1/s1. The number of hydrogen-bond acceptors (Lipinski definition) is 2. The van der Waals surface area contributed by atoms with E-state index in [1.807, 2.05) is 31.2 Å². The van der Waals surface area contributed by atoms with Crippen LogP contribution in [0.5, 0.6) is 5.75 Å². The Morgan fingerprint density at radius 3 is 2.58 bits per heavy atom. The van der Waals surface area contributed by atoms with Crippen molar-refractivity contribution < 1.29 is 9.50 Å². The van der Waals surface area contributed by atoms with Gasteiger partial charge in [0.25, 0.3) is 0 Å². The fraction of sp³-hybridized carbons (Fsp3) is 0.200. The van der Waals surface area contributed by atoms with E-state index >= 15 is 0 Å². The number of phenolic OH excluding ortho intramolecular Hbond substituents is 1. The van der Waals surface area contributed by atoms with E-state index < -0.39 is 0 Å². The Labute approximate surface area is 116 Å². The predicted molar refractivity (Wildman–Crippen MR) is 74.8 cm³/mol. The third kappa shape index (κ3) is 3.69. The van der Waals surface area contributed by atoms with Gasteiger partial charge < -0.3 is 10.4 Å². The van der Waals surface area contributed by atoms with Gasteiger partial charge in [-0.1, -0.05) is 23.7 Å². The smallest absolute Gasteiger partial charge is 0.123 e. The SMILES string of the molecule is C[C@@H](NCc1cc(F)ccc1O)c1ccc(Cl)cc1. The maximum Gasteiger partial charge on any atom is 0.123 e. The molecule has 0 aliphatic rings. The van der Waals surface area contributed by atoms with Crippen LogP contribution in [0.4, 0.5) is 4.39 Å². The molecule has 0 unspecified atom stereocenters. The van der Waals surface area contributed by atoms with Gasteiger partial charge in [0.05, 0.1) is 0 Å². The summed E-state index contributed by atoms with van der Waals surface area (Å²) in [6, 6.07) is 11.5. The highest BCUT2D eigenvalue weighted by Crippen LogP contribution is 2.20.